The van der Waals surface area contributed by atoms with E-state index in [4.69, 9.17) is 0 Å². The summed E-state index contributed by atoms with van der Waals surface area (Å²) in [5.74, 6) is 1.35. The van der Waals surface area contributed by atoms with Gasteiger partial charge in [0.2, 0.25) is 5.91 Å². The minimum absolute atomic E-state index is 0.265. The first-order valence-corrected chi connectivity index (χ1v) is 9.42. The van der Waals surface area contributed by atoms with Gasteiger partial charge >= 0.3 is 0 Å². The van der Waals surface area contributed by atoms with Crippen molar-refractivity contribution >= 4 is 17.7 Å². The van der Waals surface area contributed by atoms with Gasteiger partial charge in [-0.3, -0.25) is 4.79 Å². The van der Waals surface area contributed by atoms with Crippen molar-refractivity contribution in [2.45, 2.75) is 65.1 Å². The van der Waals surface area contributed by atoms with Crippen molar-refractivity contribution < 1.29 is 4.79 Å². The normalized spacial score (nSPS) is 16.1. The van der Waals surface area contributed by atoms with Crippen LogP contribution >= 0.6 is 11.8 Å². The summed E-state index contributed by atoms with van der Waals surface area (Å²) >= 11 is 1.59. The maximum Gasteiger partial charge on any atom is 0.233 e. The van der Waals surface area contributed by atoms with E-state index < -0.39 is 0 Å². The first-order valence-electron chi connectivity index (χ1n) is 8.43. The Kier molecular flexibility index (Phi) is 6.36. The fourth-order valence-corrected chi connectivity index (χ4v) is 3.86. The summed E-state index contributed by atoms with van der Waals surface area (Å²) in [5, 5.41) is 0.992. The summed E-state index contributed by atoms with van der Waals surface area (Å²) in [6.45, 7) is 11.4. The lowest BCUT2D eigenvalue weighted by Gasteiger charge is -2.20. The number of aryl methyl sites for hydroxylation is 1. The molecule has 124 valence electrons. The van der Waals surface area contributed by atoms with Gasteiger partial charge in [-0.15, -0.1) is 0 Å². The van der Waals surface area contributed by atoms with Crippen LogP contribution in [0.25, 0.3) is 0 Å². The number of likely N-dealkylation sites (tertiary alicyclic amines) is 1. The Morgan fingerprint density at radius 1 is 1.18 bits per heavy atom. The number of rotatable bonds is 5. The maximum atomic E-state index is 12.4. The van der Waals surface area contributed by atoms with Gasteiger partial charge in [-0.1, -0.05) is 38.5 Å². The molecule has 4 nitrogen and oxygen atoms in total. The van der Waals surface area contributed by atoms with E-state index in [1.54, 1.807) is 11.8 Å². The summed E-state index contributed by atoms with van der Waals surface area (Å²) in [5.41, 5.74) is 2.30. The van der Waals surface area contributed by atoms with Crippen LogP contribution < -0.4 is 0 Å². The van der Waals surface area contributed by atoms with Gasteiger partial charge in [-0.2, -0.15) is 0 Å². The van der Waals surface area contributed by atoms with Gasteiger partial charge in [0.15, 0.2) is 5.16 Å². The van der Waals surface area contributed by atoms with Crippen LogP contribution in [-0.4, -0.2) is 39.2 Å². The number of aromatic nitrogens is 2. The minimum atomic E-state index is 0.265. The quantitative estimate of drug-likeness (QED) is 0.776. The number of hydrogen-bond acceptors (Lipinski definition) is 3. The summed E-state index contributed by atoms with van der Waals surface area (Å²) in [6, 6.07) is 0. The van der Waals surface area contributed by atoms with E-state index in [1.807, 2.05) is 11.8 Å². The van der Waals surface area contributed by atoms with Crippen molar-refractivity contribution in [1.82, 2.24) is 14.5 Å². The Morgan fingerprint density at radius 2 is 1.82 bits per heavy atom. The standard InChI is InChI=1S/C17H29N3OS/c1-13(2)11-20-15(4)14(3)18-17(20)22-12-16(21)19-9-7-5-6-8-10-19/h13H,5-12H2,1-4H3. The highest BCUT2D eigenvalue weighted by Gasteiger charge is 2.18. The van der Waals surface area contributed by atoms with Crippen LogP contribution in [0.5, 0.6) is 0 Å². The van der Waals surface area contributed by atoms with Crippen LogP contribution in [0.4, 0.5) is 0 Å². The van der Waals surface area contributed by atoms with Crippen molar-refractivity contribution in [3.05, 3.63) is 11.4 Å². The second-order valence-electron chi connectivity index (χ2n) is 6.65. The molecule has 1 aromatic rings. The van der Waals surface area contributed by atoms with Gasteiger partial charge in [0.05, 0.1) is 11.4 Å². The molecular formula is C17H29N3OS. The van der Waals surface area contributed by atoms with Gasteiger partial charge in [0.1, 0.15) is 0 Å². The lowest BCUT2D eigenvalue weighted by atomic mass is 10.2. The molecule has 1 amide bonds. The molecule has 2 heterocycles. The van der Waals surface area contributed by atoms with Crippen molar-refractivity contribution in [1.29, 1.82) is 0 Å². The fraction of sp³-hybridized carbons (Fsp3) is 0.765. The second-order valence-corrected chi connectivity index (χ2v) is 7.60. The third kappa shape index (κ3) is 4.51. The third-order valence-corrected chi connectivity index (χ3v) is 5.22. The molecule has 0 unspecified atom stereocenters. The van der Waals surface area contributed by atoms with Crippen molar-refractivity contribution in [3.8, 4) is 0 Å². The van der Waals surface area contributed by atoms with Gasteiger partial charge < -0.3 is 9.47 Å². The second kappa shape index (κ2) is 8.04. The Morgan fingerprint density at radius 3 is 2.41 bits per heavy atom. The fourth-order valence-electron chi connectivity index (χ4n) is 2.85. The highest BCUT2D eigenvalue weighted by molar-refractivity contribution is 7.99. The number of hydrogen-bond donors (Lipinski definition) is 0. The number of imidazole rings is 1. The molecule has 0 atom stereocenters. The van der Waals surface area contributed by atoms with Crippen LogP contribution in [0, 0.1) is 19.8 Å². The Labute approximate surface area is 138 Å². The van der Waals surface area contributed by atoms with Gasteiger partial charge in [-0.05, 0) is 32.6 Å². The van der Waals surface area contributed by atoms with Crippen LogP contribution in [-0.2, 0) is 11.3 Å². The monoisotopic (exact) mass is 323 g/mol. The number of carbonyl (C=O) groups excluding carboxylic acids is 1. The first-order chi connectivity index (χ1) is 10.5. The minimum Gasteiger partial charge on any atom is -0.342 e. The highest BCUT2D eigenvalue weighted by atomic mass is 32.2. The zero-order valence-electron chi connectivity index (χ0n) is 14.4. The molecule has 22 heavy (non-hydrogen) atoms. The molecule has 5 heteroatoms. The van der Waals surface area contributed by atoms with Crippen molar-refractivity contribution in [2.24, 2.45) is 5.92 Å². The molecule has 0 radical (unpaired) electrons. The topological polar surface area (TPSA) is 38.1 Å². The average molecular weight is 324 g/mol. The smallest absolute Gasteiger partial charge is 0.233 e. The number of thioether (sulfide) groups is 1. The molecule has 0 bridgehead atoms. The van der Waals surface area contributed by atoms with Crippen LogP contribution in [0.3, 0.4) is 0 Å². The van der Waals surface area contributed by atoms with Crippen LogP contribution in [0.15, 0.2) is 5.16 Å². The molecule has 1 aliphatic heterocycles. The molecule has 0 aliphatic carbocycles. The van der Waals surface area contributed by atoms with Gasteiger partial charge in [0, 0.05) is 25.3 Å². The van der Waals surface area contributed by atoms with E-state index in [0.29, 0.717) is 11.7 Å². The average Bonchev–Trinajstić information content (AvgIpc) is 2.69. The Bertz CT molecular complexity index is 502. The van der Waals surface area contributed by atoms with Gasteiger partial charge in [0.25, 0.3) is 0 Å². The molecule has 1 fully saturated rings. The van der Waals surface area contributed by atoms with E-state index in [-0.39, 0.29) is 5.91 Å². The maximum absolute atomic E-state index is 12.4. The molecule has 0 N–H and O–H groups in total. The zero-order valence-corrected chi connectivity index (χ0v) is 15.2. The van der Waals surface area contributed by atoms with E-state index in [1.165, 1.54) is 18.5 Å². The SMILES string of the molecule is Cc1nc(SCC(=O)N2CCCCCC2)n(CC(C)C)c1C. The predicted octanol–water partition coefficient (Wildman–Crippen LogP) is 3.65. The van der Waals surface area contributed by atoms with Crippen molar-refractivity contribution in [2.75, 3.05) is 18.8 Å². The molecular weight excluding hydrogens is 294 g/mol. The predicted molar refractivity (Wildman–Crippen MR) is 92.3 cm³/mol. The molecule has 2 rings (SSSR count). The highest BCUT2D eigenvalue weighted by Crippen LogP contribution is 2.23. The van der Waals surface area contributed by atoms with E-state index in [0.717, 1.165) is 43.3 Å². The van der Waals surface area contributed by atoms with E-state index in [9.17, 15) is 4.79 Å². The molecule has 1 aromatic heterocycles. The van der Waals surface area contributed by atoms with E-state index in [2.05, 4.69) is 30.3 Å². The van der Waals surface area contributed by atoms with Crippen LogP contribution in [0.1, 0.15) is 50.9 Å². The first kappa shape index (κ1) is 17.4. The van der Waals surface area contributed by atoms with E-state index >= 15 is 0 Å². The summed E-state index contributed by atoms with van der Waals surface area (Å²) in [7, 11) is 0. The summed E-state index contributed by atoms with van der Waals surface area (Å²) < 4.78 is 2.26. The number of carbonyl (C=O) groups is 1. The molecule has 0 aromatic carbocycles. The van der Waals surface area contributed by atoms with Crippen molar-refractivity contribution in [3.63, 3.8) is 0 Å². The van der Waals surface area contributed by atoms with Gasteiger partial charge in [-0.25, -0.2) is 4.98 Å². The Hall–Kier alpha value is -0.970. The molecule has 1 saturated heterocycles. The summed E-state index contributed by atoms with van der Waals surface area (Å²) in [6.07, 6.45) is 4.81. The molecule has 0 spiro atoms. The zero-order chi connectivity index (χ0) is 16.1. The third-order valence-electron chi connectivity index (χ3n) is 4.25. The lowest BCUT2D eigenvalue weighted by molar-refractivity contribution is -0.128. The van der Waals surface area contributed by atoms with Crippen LogP contribution in [0.2, 0.25) is 0 Å². The summed E-state index contributed by atoms with van der Waals surface area (Å²) in [4.78, 5) is 19.1. The largest absolute Gasteiger partial charge is 0.342 e. The Balaban J connectivity index is 1.98. The molecule has 1 aliphatic rings. The molecule has 0 saturated carbocycles. The number of nitrogens with zero attached hydrogens (tertiary/aromatic N) is 3. The number of amides is 1. The lowest BCUT2D eigenvalue weighted by Crippen LogP contribution is -2.33.